The molecule has 2 heterocycles. The van der Waals surface area contributed by atoms with Crippen molar-refractivity contribution < 1.29 is 4.21 Å². The Kier molecular flexibility index (Phi) is 4.06. The molecule has 1 N–H and O–H groups in total. The summed E-state index contributed by atoms with van der Waals surface area (Å²) in [6.45, 7) is 2.85. The summed E-state index contributed by atoms with van der Waals surface area (Å²) in [7, 11) is -0.717. The predicted octanol–water partition coefficient (Wildman–Crippen LogP) is 2.18. The lowest BCUT2D eigenvalue weighted by Gasteiger charge is -2.05. The monoisotopic (exact) mass is 269 g/mol. The molecule has 17 heavy (non-hydrogen) atoms. The van der Waals surface area contributed by atoms with Crippen molar-refractivity contribution in [1.82, 2.24) is 9.97 Å². The van der Waals surface area contributed by atoms with E-state index in [1.165, 1.54) is 5.56 Å². The highest BCUT2D eigenvalue weighted by molar-refractivity contribution is 7.84. The summed E-state index contributed by atoms with van der Waals surface area (Å²) in [5.74, 6) is 1.61. The highest BCUT2D eigenvalue weighted by atomic mass is 32.2. The van der Waals surface area contributed by atoms with E-state index in [-0.39, 0.29) is 0 Å². The average molecular weight is 269 g/mol. The van der Waals surface area contributed by atoms with Gasteiger partial charge in [-0.1, -0.05) is 0 Å². The van der Waals surface area contributed by atoms with Crippen molar-refractivity contribution in [3.63, 3.8) is 0 Å². The van der Waals surface area contributed by atoms with Crippen LogP contribution in [0.3, 0.4) is 0 Å². The van der Waals surface area contributed by atoms with Gasteiger partial charge >= 0.3 is 0 Å². The summed E-state index contributed by atoms with van der Waals surface area (Å²) in [5, 5.41) is 5.37. The Labute approximate surface area is 107 Å². The molecule has 0 bridgehead atoms. The first kappa shape index (κ1) is 12.4. The van der Waals surface area contributed by atoms with Crippen LogP contribution in [0.15, 0.2) is 11.7 Å². The molecule has 0 aliphatic rings. The molecule has 4 nitrogen and oxygen atoms in total. The average Bonchev–Trinajstić information content (AvgIpc) is 2.67. The molecule has 6 heteroatoms. The number of rotatable bonds is 5. The Bertz CT molecular complexity index is 538. The van der Waals surface area contributed by atoms with Crippen LogP contribution in [0.1, 0.15) is 12.0 Å². The summed E-state index contributed by atoms with van der Waals surface area (Å²) in [5.41, 5.74) is 2.21. The molecule has 2 aromatic rings. The third kappa shape index (κ3) is 3.01. The molecule has 0 aromatic carbocycles. The SMILES string of the molecule is Cc1csc2c(NCCCS(C)=O)ncnc12. The minimum Gasteiger partial charge on any atom is -0.369 e. The van der Waals surface area contributed by atoms with Crippen LogP contribution in [0.4, 0.5) is 5.82 Å². The molecule has 2 rings (SSSR count). The fourth-order valence-corrected chi connectivity index (χ4v) is 3.10. The number of nitrogens with zero attached hydrogens (tertiary/aromatic N) is 2. The van der Waals surface area contributed by atoms with Crippen LogP contribution in [0.25, 0.3) is 10.2 Å². The largest absolute Gasteiger partial charge is 0.369 e. The number of hydrogen-bond donors (Lipinski definition) is 1. The molecule has 0 aliphatic carbocycles. The molecule has 0 spiro atoms. The van der Waals surface area contributed by atoms with E-state index < -0.39 is 10.8 Å². The number of aromatic nitrogens is 2. The Morgan fingerprint density at radius 2 is 2.29 bits per heavy atom. The molecule has 1 atom stereocenters. The van der Waals surface area contributed by atoms with Gasteiger partial charge in [0, 0.05) is 29.4 Å². The fourth-order valence-electron chi connectivity index (χ4n) is 1.58. The van der Waals surface area contributed by atoms with Gasteiger partial charge in [0.2, 0.25) is 0 Å². The lowest BCUT2D eigenvalue weighted by Crippen LogP contribution is -2.07. The molecule has 0 amide bonds. The first-order chi connectivity index (χ1) is 8.18. The van der Waals surface area contributed by atoms with Gasteiger partial charge in [-0.05, 0) is 24.3 Å². The molecule has 0 saturated carbocycles. The standard InChI is InChI=1S/C11H15N3OS2/c1-8-6-16-10-9(8)13-7-14-11(10)12-4-3-5-17(2)15/h6-7H,3-5H2,1-2H3,(H,12,13,14). The van der Waals surface area contributed by atoms with Gasteiger partial charge in [-0.3, -0.25) is 4.21 Å². The normalized spacial score (nSPS) is 12.8. The van der Waals surface area contributed by atoms with E-state index in [9.17, 15) is 4.21 Å². The van der Waals surface area contributed by atoms with Gasteiger partial charge in [-0.25, -0.2) is 9.97 Å². The van der Waals surface area contributed by atoms with Crippen LogP contribution in [0, 0.1) is 6.92 Å². The zero-order valence-electron chi connectivity index (χ0n) is 9.90. The van der Waals surface area contributed by atoms with E-state index in [4.69, 9.17) is 0 Å². The Hall–Kier alpha value is -1.01. The number of aryl methyl sites for hydroxylation is 1. The van der Waals surface area contributed by atoms with E-state index in [2.05, 4.69) is 27.6 Å². The van der Waals surface area contributed by atoms with Crippen molar-refractivity contribution >= 4 is 38.2 Å². The number of thiophene rings is 1. The minimum atomic E-state index is -0.717. The van der Waals surface area contributed by atoms with Gasteiger partial charge in [0.1, 0.15) is 12.1 Å². The van der Waals surface area contributed by atoms with Crippen LogP contribution in [0.5, 0.6) is 0 Å². The van der Waals surface area contributed by atoms with Crippen LogP contribution >= 0.6 is 11.3 Å². The molecule has 0 saturated heterocycles. The lowest BCUT2D eigenvalue weighted by atomic mass is 10.3. The van der Waals surface area contributed by atoms with E-state index >= 15 is 0 Å². The maximum atomic E-state index is 10.9. The Morgan fingerprint density at radius 1 is 1.47 bits per heavy atom. The molecule has 0 fully saturated rings. The molecule has 1 unspecified atom stereocenters. The summed E-state index contributed by atoms with van der Waals surface area (Å²) in [6, 6.07) is 0. The van der Waals surface area contributed by atoms with Crippen molar-refractivity contribution in [3.8, 4) is 0 Å². The first-order valence-electron chi connectivity index (χ1n) is 5.41. The van der Waals surface area contributed by atoms with Crippen LogP contribution in [-0.4, -0.2) is 32.7 Å². The molecule has 0 radical (unpaired) electrons. The maximum absolute atomic E-state index is 10.9. The summed E-state index contributed by atoms with van der Waals surface area (Å²) in [4.78, 5) is 8.52. The van der Waals surface area contributed by atoms with Crippen molar-refractivity contribution in [2.75, 3.05) is 23.9 Å². The maximum Gasteiger partial charge on any atom is 0.147 e. The minimum absolute atomic E-state index is 0.717. The third-order valence-corrected chi connectivity index (χ3v) is 4.39. The highest BCUT2D eigenvalue weighted by Gasteiger charge is 2.07. The van der Waals surface area contributed by atoms with Crippen molar-refractivity contribution in [2.45, 2.75) is 13.3 Å². The van der Waals surface area contributed by atoms with Gasteiger partial charge < -0.3 is 5.32 Å². The number of hydrogen-bond acceptors (Lipinski definition) is 5. The van der Waals surface area contributed by atoms with Crippen molar-refractivity contribution in [2.24, 2.45) is 0 Å². The van der Waals surface area contributed by atoms with E-state index in [0.717, 1.165) is 34.8 Å². The molecule has 92 valence electrons. The van der Waals surface area contributed by atoms with E-state index in [1.54, 1.807) is 23.9 Å². The third-order valence-electron chi connectivity index (χ3n) is 2.43. The predicted molar refractivity (Wildman–Crippen MR) is 74.2 cm³/mol. The van der Waals surface area contributed by atoms with Gasteiger partial charge in [0.05, 0.1) is 10.2 Å². The van der Waals surface area contributed by atoms with E-state index in [0.29, 0.717) is 0 Å². The van der Waals surface area contributed by atoms with Crippen LogP contribution < -0.4 is 5.32 Å². The molecule has 2 aromatic heterocycles. The smallest absolute Gasteiger partial charge is 0.147 e. The lowest BCUT2D eigenvalue weighted by molar-refractivity contribution is 0.685. The highest BCUT2D eigenvalue weighted by Crippen LogP contribution is 2.28. The summed E-state index contributed by atoms with van der Waals surface area (Å²) >= 11 is 1.66. The number of nitrogens with one attached hydrogen (secondary N) is 1. The zero-order valence-corrected chi connectivity index (χ0v) is 11.5. The molecule has 0 aliphatic heterocycles. The topological polar surface area (TPSA) is 54.9 Å². The summed E-state index contributed by atoms with van der Waals surface area (Å²) < 4.78 is 12.0. The van der Waals surface area contributed by atoms with Gasteiger partial charge in [0.25, 0.3) is 0 Å². The second-order valence-corrected chi connectivity index (χ2v) is 6.31. The van der Waals surface area contributed by atoms with Gasteiger partial charge in [-0.15, -0.1) is 11.3 Å². The van der Waals surface area contributed by atoms with Crippen LogP contribution in [0.2, 0.25) is 0 Å². The van der Waals surface area contributed by atoms with Crippen molar-refractivity contribution in [3.05, 3.63) is 17.3 Å². The van der Waals surface area contributed by atoms with Gasteiger partial charge in [0.15, 0.2) is 0 Å². The Morgan fingerprint density at radius 3 is 3.06 bits per heavy atom. The summed E-state index contributed by atoms with van der Waals surface area (Å²) in [6.07, 6.45) is 4.20. The number of fused-ring (bicyclic) bond motifs is 1. The molecular formula is C11H15N3OS2. The number of anilines is 1. The quantitative estimate of drug-likeness (QED) is 0.845. The second-order valence-electron chi connectivity index (χ2n) is 3.88. The Balaban J connectivity index is 2.06. The van der Waals surface area contributed by atoms with Crippen molar-refractivity contribution in [1.29, 1.82) is 0 Å². The first-order valence-corrected chi connectivity index (χ1v) is 8.02. The van der Waals surface area contributed by atoms with E-state index in [1.807, 2.05) is 0 Å². The second kappa shape index (κ2) is 5.55. The van der Waals surface area contributed by atoms with Crippen LogP contribution in [-0.2, 0) is 10.8 Å². The molecular weight excluding hydrogens is 254 g/mol. The van der Waals surface area contributed by atoms with Gasteiger partial charge in [-0.2, -0.15) is 0 Å². The zero-order chi connectivity index (χ0) is 12.3. The fraction of sp³-hybridized carbons (Fsp3) is 0.455.